The average molecular weight is 418 g/mol. The number of nitrogens with zero attached hydrogens (tertiary/aromatic N) is 1. The van der Waals surface area contributed by atoms with Crippen molar-refractivity contribution in [3.05, 3.63) is 70.7 Å². The lowest BCUT2D eigenvalue weighted by Gasteiger charge is -2.26. The van der Waals surface area contributed by atoms with Crippen molar-refractivity contribution in [1.29, 1.82) is 0 Å². The van der Waals surface area contributed by atoms with Gasteiger partial charge in [0.1, 0.15) is 10.8 Å². The van der Waals surface area contributed by atoms with E-state index >= 15 is 0 Å². The van der Waals surface area contributed by atoms with Crippen LogP contribution in [0.2, 0.25) is 0 Å². The quantitative estimate of drug-likeness (QED) is 0.648. The van der Waals surface area contributed by atoms with E-state index in [4.69, 9.17) is 4.74 Å². The van der Waals surface area contributed by atoms with E-state index in [1.807, 2.05) is 24.3 Å². The normalized spacial score (nSPS) is 16.0. The number of fused-ring (bicyclic) bond motifs is 1. The summed E-state index contributed by atoms with van der Waals surface area (Å²) >= 11 is 1.30. The van der Waals surface area contributed by atoms with E-state index in [9.17, 15) is 18.0 Å². The number of halogens is 3. The summed E-state index contributed by atoms with van der Waals surface area (Å²) in [7, 11) is 0. The Balaban J connectivity index is 1.41. The van der Waals surface area contributed by atoms with Crippen LogP contribution in [0.1, 0.15) is 29.3 Å². The van der Waals surface area contributed by atoms with Crippen molar-refractivity contribution in [2.45, 2.75) is 25.1 Å². The lowest BCUT2D eigenvalue weighted by molar-refractivity contribution is -0.137. The number of carbonyl (C=O) groups excluding carboxylic acids is 1. The van der Waals surface area contributed by atoms with E-state index in [0.29, 0.717) is 29.3 Å². The molecule has 0 radical (unpaired) electrons. The van der Waals surface area contributed by atoms with Crippen LogP contribution in [0.3, 0.4) is 0 Å². The first-order valence-corrected chi connectivity index (χ1v) is 9.91. The Kier molecular flexibility index (Phi) is 5.27. The molecule has 2 heterocycles. The second-order valence-corrected chi connectivity index (χ2v) is 7.55. The molecular formula is C21H17F3N2O2S. The summed E-state index contributed by atoms with van der Waals surface area (Å²) in [5, 5.41) is 5.35. The van der Waals surface area contributed by atoms with Crippen LogP contribution in [0.25, 0.3) is 10.6 Å². The van der Waals surface area contributed by atoms with Crippen molar-refractivity contribution in [3.8, 4) is 16.3 Å². The van der Waals surface area contributed by atoms with Crippen LogP contribution in [-0.4, -0.2) is 17.5 Å². The van der Waals surface area contributed by atoms with Gasteiger partial charge in [-0.15, -0.1) is 11.3 Å². The minimum atomic E-state index is -4.37. The molecule has 3 aromatic rings. The van der Waals surface area contributed by atoms with Crippen molar-refractivity contribution < 1.29 is 22.7 Å². The smallest absolute Gasteiger partial charge is 0.416 e. The molecule has 1 amide bonds. The lowest BCUT2D eigenvalue weighted by Crippen LogP contribution is -2.33. The molecule has 1 N–H and O–H groups in total. The third-order valence-corrected chi connectivity index (χ3v) is 5.59. The van der Waals surface area contributed by atoms with E-state index in [2.05, 4.69) is 10.3 Å². The summed E-state index contributed by atoms with van der Waals surface area (Å²) in [5.74, 6) is 0.623. The van der Waals surface area contributed by atoms with Gasteiger partial charge in [0, 0.05) is 22.9 Å². The van der Waals surface area contributed by atoms with Crippen LogP contribution in [0, 0.1) is 0 Å². The average Bonchev–Trinajstić information content (AvgIpc) is 3.16. The molecular weight excluding hydrogens is 401 g/mol. The largest absolute Gasteiger partial charge is 0.493 e. The Bertz CT molecular complexity index is 1020. The Morgan fingerprint density at radius 1 is 1.17 bits per heavy atom. The predicted molar refractivity (Wildman–Crippen MR) is 104 cm³/mol. The topological polar surface area (TPSA) is 51.2 Å². The van der Waals surface area contributed by atoms with Gasteiger partial charge in [-0.05, 0) is 18.2 Å². The van der Waals surface area contributed by atoms with Crippen molar-refractivity contribution in [1.82, 2.24) is 10.3 Å². The number of nitrogens with one attached hydrogen (secondary N) is 1. The Hall–Kier alpha value is -2.87. The number of thiazole rings is 1. The van der Waals surface area contributed by atoms with Gasteiger partial charge in [0.05, 0.1) is 30.3 Å². The number of alkyl halides is 3. The van der Waals surface area contributed by atoms with Crippen LogP contribution in [0.15, 0.2) is 53.9 Å². The van der Waals surface area contributed by atoms with Gasteiger partial charge in [0.25, 0.3) is 0 Å². The minimum Gasteiger partial charge on any atom is -0.493 e. The van der Waals surface area contributed by atoms with Gasteiger partial charge in [-0.2, -0.15) is 13.2 Å². The van der Waals surface area contributed by atoms with E-state index in [1.54, 1.807) is 5.38 Å². The highest BCUT2D eigenvalue weighted by Crippen LogP contribution is 2.33. The minimum absolute atomic E-state index is 0.108. The van der Waals surface area contributed by atoms with Crippen molar-refractivity contribution in [3.63, 3.8) is 0 Å². The summed E-state index contributed by atoms with van der Waals surface area (Å²) in [5.41, 5.74) is 1.43. The number of para-hydroxylation sites is 1. The van der Waals surface area contributed by atoms with Gasteiger partial charge >= 0.3 is 6.18 Å². The number of aromatic nitrogens is 1. The summed E-state index contributed by atoms with van der Waals surface area (Å²) in [6.07, 6.45) is -3.57. The molecule has 1 aliphatic heterocycles. The van der Waals surface area contributed by atoms with Gasteiger partial charge in [-0.25, -0.2) is 4.98 Å². The number of amides is 1. The number of rotatable bonds is 4. The molecule has 150 valence electrons. The summed E-state index contributed by atoms with van der Waals surface area (Å²) < 4.78 is 43.7. The number of benzene rings is 2. The van der Waals surface area contributed by atoms with Crippen LogP contribution in [0.5, 0.6) is 5.75 Å². The zero-order chi connectivity index (χ0) is 20.4. The summed E-state index contributed by atoms with van der Waals surface area (Å²) in [6, 6.07) is 12.4. The highest BCUT2D eigenvalue weighted by molar-refractivity contribution is 7.13. The first-order chi connectivity index (χ1) is 13.9. The van der Waals surface area contributed by atoms with Crippen molar-refractivity contribution in [2.24, 2.45) is 0 Å². The predicted octanol–water partition coefficient (Wildman–Crippen LogP) is 5.01. The Morgan fingerprint density at radius 2 is 1.93 bits per heavy atom. The maximum absolute atomic E-state index is 12.7. The van der Waals surface area contributed by atoms with Crippen LogP contribution >= 0.6 is 11.3 Å². The fraction of sp³-hybridized carbons (Fsp3) is 0.238. The monoisotopic (exact) mass is 418 g/mol. The molecule has 1 aliphatic rings. The zero-order valence-corrected chi connectivity index (χ0v) is 16.0. The van der Waals surface area contributed by atoms with Crippen molar-refractivity contribution in [2.75, 3.05) is 6.61 Å². The molecule has 0 bridgehead atoms. The molecule has 0 aliphatic carbocycles. The van der Waals surface area contributed by atoms with Gasteiger partial charge in [-0.1, -0.05) is 30.3 Å². The first-order valence-electron chi connectivity index (χ1n) is 9.03. The molecule has 2 aromatic carbocycles. The SMILES string of the molecule is O=C(Cc1csc(-c2ccc(C(F)(F)F)cc2)n1)N[C@@H]1CCOc2ccccc21. The number of hydrogen-bond donors (Lipinski definition) is 1. The van der Waals surface area contributed by atoms with E-state index < -0.39 is 11.7 Å². The lowest BCUT2D eigenvalue weighted by atomic mass is 10.0. The van der Waals surface area contributed by atoms with Crippen molar-refractivity contribution >= 4 is 17.2 Å². The first kappa shape index (κ1) is 19.4. The van der Waals surface area contributed by atoms with Crippen LogP contribution < -0.4 is 10.1 Å². The third-order valence-electron chi connectivity index (χ3n) is 4.65. The molecule has 0 fully saturated rings. The van der Waals surface area contributed by atoms with Gasteiger partial charge in [-0.3, -0.25) is 4.79 Å². The molecule has 0 unspecified atom stereocenters. The highest BCUT2D eigenvalue weighted by atomic mass is 32.1. The van der Waals surface area contributed by atoms with E-state index in [0.717, 1.165) is 23.4 Å². The molecule has 29 heavy (non-hydrogen) atoms. The zero-order valence-electron chi connectivity index (χ0n) is 15.2. The fourth-order valence-corrected chi connectivity index (χ4v) is 4.05. The molecule has 0 spiro atoms. The second kappa shape index (κ2) is 7.87. The summed E-state index contributed by atoms with van der Waals surface area (Å²) in [4.78, 5) is 16.9. The fourth-order valence-electron chi connectivity index (χ4n) is 3.22. The number of hydrogen-bond acceptors (Lipinski definition) is 4. The van der Waals surface area contributed by atoms with Gasteiger partial charge < -0.3 is 10.1 Å². The van der Waals surface area contributed by atoms with Crippen LogP contribution in [0.4, 0.5) is 13.2 Å². The molecule has 0 saturated heterocycles. The maximum atomic E-state index is 12.7. The number of ether oxygens (including phenoxy) is 1. The molecule has 0 saturated carbocycles. The molecule has 1 aromatic heterocycles. The van der Waals surface area contributed by atoms with E-state index in [1.165, 1.54) is 23.5 Å². The maximum Gasteiger partial charge on any atom is 0.416 e. The Labute approximate surface area is 169 Å². The molecule has 4 rings (SSSR count). The second-order valence-electron chi connectivity index (χ2n) is 6.69. The number of carbonyl (C=O) groups is 1. The molecule has 8 heteroatoms. The Morgan fingerprint density at radius 3 is 2.69 bits per heavy atom. The van der Waals surface area contributed by atoms with Gasteiger partial charge in [0.2, 0.25) is 5.91 Å². The summed E-state index contributed by atoms with van der Waals surface area (Å²) in [6.45, 7) is 0.538. The van der Waals surface area contributed by atoms with Gasteiger partial charge in [0.15, 0.2) is 0 Å². The highest BCUT2D eigenvalue weighted by Gasteiger charge is 2.30. The molecule has 1 atom stereocenters. The standard InChI is InChI=1S/C21H17F3N2O2S/c22-21(23,24)14-7-5-13(6-8-14)20-25-15(12-29-20)11-19(27)26-17-9-10-28-18-4-2-1-3-16(17)18/h1-8,12,17H,9-11H2,(H,26,27)/t17-/m1/s1. The van der Waals surface area contributed by atoms with Crippen LogP contribution in [-0.2, 0) is 17.4 Å². The third kappa shape index (κ3) is 4.42. The molecule has 4 nitrogen and oxygen atoms in total. The van der Waals surface area contributed by atoms with E-state index in [-0.39, 0.29) is 18.4 Å².